The van der Waals surface area contributed by atoms with Crippen molar-refractivity contribution in [2.24, 2.45) is 10.9 Å². The minimum absolute atomic E-state index is 0.0428. The first-order chi connectivity index (χ1) is 12.2. The van der Waals surface area contributed by atoms with E-state index in [0.717, 1.165) is 41.3 Å². The molecule has 0 bridgehead atoms. The third-order valence-corrected chi connectivity index (χ3v) is 4.36. The van der Waals surface area contributed by atoms with E-state index < -0.39 is 0 Å². The molecule has 1 heterocycles. The maximum Gasteiger partial charge on any atom is 0.191 e. The van der Waals surface area contributed by atoms with E-state index in [9.17, 15) is 0 Å². The second-order valence-electron chi connectivity index (χ2n) is 6.60. The van der Waals surface area contributed by atoms with Gasteiger partial charge in [-0.15, -0.1) is 0 Å². The lowest BCUT2D eigenvalue weighted by atomic mass is 10.2. The van der Waals surface area contributed by atoms with Crippen LogP contribution < -0.4 is 15.4 Å². The fourth-order valence-electron chi connectivity index (χ4n) is 2.62. The molecule has 0 amide bonds. The zero-order valence-corrected chi connectivity index (χ0v) is 15.2. The van der Waals surface area contributed by atoms with Crippen LogP contribution >= 0.6 is 0 Å². The molecule has 1 fully saturated rings. The van der Waals surface area contributed by atoms with Crippen molar-refractivity contribution in [1.82, 2.24) is 10.6 Å². The van der Waals surface area contributed by atoms with E-state index in [1.54, 1.807) is 7.05 Å². The maximum absolute atomic E-state index is 5.96. The number of rotatable bonds is 7. The van der Waals surface area contributed by atoms with Gasteiger partial charge in [-0.3, -0.25) is 4.99 Å². The first-order valence-electron chi connectivity index (χ1n) is 8.90. The van der Waals surface area contributed by atoms with Gasteiger partial charge >= 0.3 is 0 Å². The highest BCUT2D eigenvalue weighted by molar-refractivity contribution is 5.80. The summed E-state index contributed by atoms with van der Waals surface area (Å²) >= 11 is 0. The Morgan fingerprint density at radius 1 is 1.28 bits per heavy atom. The van der Waals surface area contributed by atoms with Crippen LogP contribution in [0.3, 0.4) is 0 Å². The van der Waals surface area contributed by atoms with Gasteiger partial charge in [-0.25, -0.2) is 0 Å². The zero-order valence-electron chi connectivity index (χ0n) is 15.2. The number of para-hydroxylation sites is 1. The van der Waals surface area contributed by atoms with Crippen molar-refractivity contribution < 1.29 is 9.15 Å². The van der Waals surface area contributed by atoms with Crippen LogP contribution in [0.25, 0.3) is 0 Å². The molecular formula is C20H27N3O2. The van der Waals surface area contributed by atoms with Crippen molar-refractivity contribution >= 4 is 5.96 Å². The maximum atomic E-state index is 5.96. The summed E-state index contributed by atoms with van der Waals surface area (Å²) in [6, 6.07) is 12.2. The highest BCUT2D eigenvalue weighted by atomic mass is 16.5. The summed E-state index contributed by atoms with van der Waals surface area (Å²) in [4.78, 5) is 4.30. The highest BCUT2D eigenvalue weighted by Gasteiger charge is 2.22. The molecule has 0 saturated heterocycles. The number of furan rings is 1. The summed E-state index contributed by atoms with van der Waals surface area (Å²) in [5, 5.41) is 6.70. The average Bonchev–Trinajstić information content (AvgIpc) is 3.36. The Morgan fingerprint density at radius 3 is 2.76 bits per heavy atom. The Labute approximate surface area is 149 Å². The molecule has 2 aromatic rings. The summed E-state index contributed by atoms with van der Waals surface area (Å²) in [5.74, 6) is 4.24. The Balaban J connectivity index is 1.55. The van der Waals surface area contributed by atoms with Gasteiger partial charge in [0.15, 0.2) is 5.96 Å². The highest BCUT2D eigenvalue weighted by Crippen LogP contribution is 2.30. The van der Waals surface area contributed by atoms with Crippen LogP contribution in [0.4, 0.5) is 0 Å². The van der Waals surface area contributed by atoms with Gasteiger partial charge in [0, 0.05) is 19.2 Å². The smallest absolute Gasteiger partial charge is 0.191 e. The largest absolute Gasteiger partial charge is 0.493 e. The van der Waals surface area contributed by atoms with E-state index in [0.29, 0.717) is 6.54 Å². The molecule has 25 heavy (non-hydrogen) atoms. The number of nitrogens with zero attached hydrogens (tertiary/aromatic N) is 1. The van der Waals surface area contributed by atoms with Crippen molar-refractivity contribution in [1.29, 1.82) is 0 Å². The topological polar surface area (TPSA) is 58.8 Å². The quantitative estimate of drug-likeness (QED) is 0.594. The van der Waals surface area contributed by atoms with Crippen LogP contribution in [0.15, 0.2) is 45.8 Å². The Morgan fingerprint density at radius 2 is 2.08 bits per heavy atom. The second kappa shape index (κ2) is 8.10. The molecule has 3 rings (SSSR count). The average molecular weight is 341 g/mol. The lowest BCUT2D eigenvalue weighted by Crippen LogP contribution is -2.38. The monoisotopic (exact) mass is 341 g/mol. The molecule has 134 valence electrons. The standard InChI is InChI=1S/C20H27N3O2/c1-14-8-11-18(25-14)15(2)23-20(21-3)22-12-17-6-4-5-7-19(17)24-13-16-9-10-16/h4-8,11,15-16H,9-10,12-13H2,1-3H3,(H2,21,22,23). The van der Waals surface area contributed by atoms with Crippen LogP contribution in [0.1, 0.15) is 42.9 Å². The number of hydrogen-bond acceptors (Lipinski definition) is 3. The fraction of sp³-hybridized carbons (Fsp3) is 0.450. The van der Waals surface area contributed by atoms with Crippen LogP contribution in [0.2, 0.25) is 0 Å². The minimum Gasteiger partial charge on any atom is -0.493 e. The van der Waals surface area contributed by atoms with E-state index in [-0.39, 0.29) is 6.04 Å². The summed E-state index contributed by atoms with van der Waals surface area (Å²) in [7, 11) is 1.77. The van der Waals surface area contributed by atoms with Crippen LogP contribution in [0.5, 0.6) is 5.75 Å². The predicted molar refractivity (Wildman–Crippen MR) is 99.9 cm³/mol. The molecule has 5 nitrogen and oxygen atoms in total. The van der Waals surface area contributed by atoms with E-state index >= 15 is 0 Å². The third kappa shape index (κ3) is 5.02. The molecule has 0 aliphatic heterocycles. The Hall–Kier alpha value is -2.43. The predicted octanol–water partition coefficient (Wildman–Crippen LogP) is 3.80. The Bertz CT molecular complexity index is 719. The van der Waals surface area contributed by atoms with Crippen molar-refractivity contribution in [2.45, 2.75) is 39.3 Å². The van der Waals surface area contributed by atoms with Gasteiger partial charge in [0.1, 0.15) is 17.3 Å². The molecule has 1 aliphatic carbocycles. The van der Waals surface area contributed by atoms with Crippen molar-refractivity contribution in [3.05, 3.63) is 53.5 Å². The van der Waals surface area contributed by atoms with E-state index in [4.69, 9.17) is 9.15 Å². The first kappa shape index (κ1) is 17.4. The zero-order chi connectivity index (χ0) is 17.6. The molecule has 1 aliphatic rings. The van der Waals surface area contributed by atoms with Gasteiger partial charge in [-0.05, 0) is 50.8 Å². The summed E-state index contributed by atoms with van der Waals surface area (Å²) in [5.41, 5.74) is 1.13. The number of aryl methyl sites for hydroxylation is 1. The molecule has 0 spiro atoms. The van der Waals surface area contributed by atoms with Gasteiger partial charge in [-0.2, -0.15) is 0 Å². The summed E-state index contributed by atoms with van der Waals surface area (Å²) in [6.45, 7) is 5.48. The number of nitrogens with one attached hydrogen (secondary N) is 2. The fourth-order valence-corrected chi connectivity index (χ4v) is 2.62. The Kier molecular flexibility index (Phi) is 5.64. The van der Waals surface area contributed by atoms with Gasteiger partial charge < -0.3 is 19.8 Å². The summed E-state index contributed by atoms with van der Waals surface area (Å²) < 4.78 is 11.6. The number of guanidine groups is 1. The normalized spacial score (nSPS) is 15.7. The molecule has 1 saturated carbocycles. The third-order valence-electron chi connectivity index (χ3n) is 4.36. The second-order valence-corrected chi connectivity index (χ2v) is 6.60. The van der Waals surface area contributed by atoms with Crippen molar-refractivity contribution in [3.8, 4) is 5.75 Å². The molecule has 0 radical (unpaired) electrons. The minimum atomic E-state index is 0.0428. The molecular weight excluding hydrogens is 314 g/mol. The van der Waals surface area contributed by atoms with E-state index in [1.807, 2.05) is 37.3 Å². The van der Waals surface area contributed by atoms with E-state index in [2.05, 4.69) is 28.6 Å². The number of hydrogen-bond donors (Lipinski definition) is 2. The number of benzene rings is 1. The van der Waals surface area contributed by atoms with Gasteiger partial charge in [0.2, 0.25) is 0 Å². The lowest BCUT2D eigenvalue weighted by molar-refractivity contribution is 0.296. The molecule has 1 aromatic heterocycles. The molecule has 2 N–H and O–H groups in total. The van der Waals surface area contributed by atoms with E-state index in [1.165, 1.54) is 12.8 Å². The first-order valence-corrected chi connectivity index (χ1v) is 8.90. The SMILES string of the molecule is CN=C(NCc1ccccc1OCC1CC1)NC(C)c1ccc(C)o1. The van der Waals surface area contributed by atoms with Crippen LogP contribution in [-0.4, -0.2) is 19.6 Å². The van der Waals surface area contributed by atoms with Gasteiger partial charge in [0.05, 0.1) is 12.6 Å². The lowest BCUT2D eigenvalue weighted by Gasteiger charge is -2.17. The molecule has 1 atom stereocenters. The van der Waals surface area contributed by atoms with Crippen molar-refractivity contribution in [3.63, 3.8) is 0 Å². The van der Waals surface area contributed by atoms with Gasteiger partial charge in [-0.1, -0.05) is 18.2 Å². The molecule has 5 heteroatoms. The molecule has 1 unspecified atom stereocenters. The molecule has 1 aromatic carbocycles. The summed E-state index contributed by atoms with van der Waals surface area (Å²) in [6.07, 6.45) is 2.59. The number of ether oxygens (including phenoxy) is 1. The van der Waals surface area contributed by atoms with Gasteiger partial charge in [0.25, 0.3) is 0 Å². The van der Waals surface area contributed by atoms with Crippen molar-refractivity contribution in [2.75, 3.05) is 13.7 Å². The van der Waals surface area contributed by atoms with Crippen LogP contribution in [0, 0.1) is 12.8 Å². The van der Waals surface area contributed by atoms with Crippen LogP contribution in [-0.2, 0) is 6.54 Å². The number of aliphatic imine (C=N–C) groups is 1.